The molecule has 3 atom stereocenters. The van der Waals surface area contributed by atoms with Gasteiger partial charge in [0.05, 0.1) is 5.02 Å². The summed E-state index contributed by atoms with van der Waals surface area (Å²) >= 11 is 6.04. The molecule has 0 N–H and O–H groups in total. The summed E-state index contributed by atoms with van der Waals surface area (Å²) in [4.78, 5) is 12.3. The first-order valence-electron chi connectivity index (χ1n) is 7.88. The first kappa shape index (κ1) is 17.1. The molecular weight excluding hydrogens is 300 g/mol. The van der Waals surface area contributed by atoms with E-state index in [-0.39, 0.29) is 17.5 Å². The zero-order valence-corrected chi connectivity index (χ0v) is 14.5. The van der Waals surface area contributed by atoms with Crippen LogP contribution < -0.4 is 4.74 Å². The SMILES string of the molecule is CC1CC(OC(=O)C(C)Oc2ccccc2Cl)CC(C)(C)C1. The fourth-order valence-electron chi connectivity index (χ4n) is 3.39. The number of halogens is 1. The summed E-state index contributed by atoms with van der Waals surface area (Å²) in [6.45, 7) is 8.37. The summed E-state index contributed by atoms with van der Waals surface area (Å²) in [7, 11) is 0. The molecule has 22 heavy (non-hydrogen) atoms. The van der Waals surface area contributed by atoms with Crippen LogP contribution in [0.5, 0.6) is 5.75 Å². The van der Waals surface area contributed by atoms with E-state index in [0.29, 0.717) is 16.7 Å². The van der Waals surface area contributed by atoms with Crippen molar-refractivity contribution < 1.29 is 14.3 Å². The molecule has 122 valence electrons. The van der Waals surface area contributed by atoms with Crippen molar-refractivity contribution in [1.82, 2.24) is 0 Å². The van der Waals surface area contributed by atoms with E-state index in [0.717, 1.165) is 12.8 Å². The maximum atomic E-state index is 12.3. The van der Waals surface area contributed by atoms with Crippen molar-refractivity contribution in [2.45, 2.75) is 59.2 Å². The van der Waals surface area contributed by atoms with Gasteiger partial charge in [0.2, 0.25) is 0 Å². The lowest BCUT2D eigenvalue weighted by atomic mass is 9.71. The molecule has 1 aliphatic carbocycles. The number of carbonyl (C=O) groups is 1. The molecule has 0 aromatic heterocycles. The summed E-state index contributed by atoms with van der Waals surface area (Å²) in [6.07, 6.45) is 2.31. The minimum atomic E-state index is -0.666. The molecule has 1 aromatic rings. The zero-order chi connectivity index (χ0) is 16.3. The molecule has 0 spiro atoms. The van der Waals surface area contributed by atoms with Crippen molar-refractivity contribution in [3.63, 3.8) is 0 Å². The van der Waals surface area contributed by atoms with Gasteiger partial charge in [-0.05, 0) is 49.7 Å². The van der Waals surface area contributed by atoms with Gasteiger partial charge in [-0.3, -0.25) is 0 Å². The smallest absolute Gasteiger partial charge is 0.347 e. The number of rotatable bonds is 4. The zero-order valence-electron chi connectivity index (χ0n) is 13.8. The van der Waals surface area contributed by atoms with Gasteiger partial charge in [0.1, 0.15) is 11.9 Å². The van der Waals surface area contributed by atoms with Gasteiger partial charge in [-0.1, -0.05) is 44.5 Å². The van der Waals surface area contributed by atoms with Crippen molar-refractivity contribution in [1.29, 1.82) is 0 Å². The summed E-state index contributed by atoms with van der Waals surface area (Å²) in [5, 5.41) is 0.495. The third kappa shape index (κ3) is 4.64. The molecule has 0 aliphatic heterocycles. The van der Waals surface area contributed by atoms with E-state index in [1.165, 1.54) is 6.42 Å². The molecule has 2 rings (SSSR count). The lowest BCUT2D eigenvalue weighted by Crippen LogP contribution is -2.37. The summed E-state index contributed by atoms with van der Waals surface area (Å²) in [6, 6.07) is 7.13. The fourth-order valence-corrected chi connectivity index (χ4v) is 3.57. The molecule has 1 aromatic carbocycles. The Balaban J connectivity index is 1.93. The van der Waals surface area contributed by atoms with Crippen molar-refractivity contribution in [3.05, 3.63) is 29.3 Å². The van der Waals surface area contributed by atoms with Gasteiger partial charge < -0.3 is 9.47 Å². The van der Waals surface area contributed by atoms with E-state index in [2.05, 4.69) is 20.8 Å². The fraction of sp³-hybridized carbons (Fsp3) is 0.611. The molecule has 1 aliphatic rings. The Bertz CT molecular complexity index is 527. The maximum Gasteiger partial charge on any atom is 0.347 e. The number of esters is 1. The van der Waals surface area contributed by atoms with Gasteiger partial charge >= 0.3 is 5.97 Å². The largest absolute Gasteiger partial charge is 0.477 e. The van der Waals surface area contributed by atoms with Crippen molar-refractivity contribution >= 4 is 17.6 Å². The minimum Gasteiger partial charge on any atom is -0.477 e. The van der Waals surface area contributed by atoms with Crippen LogP contribution >= 0.6 is 11.6 Å². The van der Waals surface area contributed by atoms with E-state index in [4.69, 9.17) is 21.1 Å². The molecule has 1 saturated carbocycles. The van der Waals surface area contributed by atoms with Crippen LogP contribution in [-0.2, 0) is 9.53 Å². The second-order valence-corrected chi connectivity index (χ2v) is 7.57. The number of ether oxygens (including phenoxy) is 2. The lowest BCUT2D eigenvalue weighted by Gasteiger charge is -2.38. The van der Waals surface area contributed by atoms with Gasteiger partial charge in [-0.15, -0.1) is 0 Å². The quantitative estimate of drug-likeness (QED) is 0.741. The van der Waals surface area contributed by atoms with E-state index < -0.39 is 6.10 Å². The molecule has 0 amide bonds. The topological polar surface area (TPSA) is 35.5 Å². The highest BCUT2D eigenvalue weighted by molar-refractivity contribution is 6.32. The van der Waals surface area contributed by atoms with E-state index in [1.54, 1.807) is 19.1 Å². The average molecular weight is 325 g/mol. The minimum absolute atomic E-state index is 0.0245. The molecule has 3 nitrogen and oxygen atoms in total. The predicted molar refractivity (Wildman–Crippen MR) is 88.2 cm³/mol. The van der Waals surface area contributed by atoms with Crippen LogP contribution in [0.4, 0.5) is 0 Å². The Morgan fingerprint density at radius 2 is 2.00 bits per heavy atom. The van der Waals surface area contributed by atoms with Gasteiger partial charge in [-0.2, -0.15) is 0 Å². The number of para-hydroxylation sites is 1. The molecule has 0 saturated heterocycles. The van der Waals surface area contributed by atoms with Gasteiger partial charge in [0.15, 0.2) is 6.10 Å². The second kappa shape index (κ2) is 6.91. The number of hydrogen-bond donors (Lipinski definition) is 0. The van der Waals surface area contributed by atoms with Crippen molar-refractivity contribution in [2.75, 3.05) is 0 Å². The van der Waals surface area contributed by atoms with Crippen LogP contribution in [0.3, 0.4) is 0 Å². The Morgan fingerprint density at radius 1 is 1.32 bits per heavy atom. The molecule has 0 heterocycles. The van der Waals surface area contributed by atoms with Crippen LogP contribution in [0.25, 0.3) is 0 Å². The van der Waals surface area contributed by atoms with E-state index in [9.17, 15) is 4.79 Å². The number of hydrogen-bond acceptors (Lipinski definition) is 3. The summed E-state index contributed by atoms with van der Waals surface area (Å²) in [5.74, 6) is 0.752. The first-order chi connectivity index (χ1) is 10.3. The molecule has 0 bridgehead atoms. The standard InChI is InChI=1S/C18H25ClO3/c1-12-9-14(11-18(3,4)10-12)22-17(20)13(2)21-16-8-6-5-7-15(16)19/h5-8,12-14H,9-11H2,1-4H3. The first-order valence-corrected chi connectivity index (χ1v) is 8.26. The third-order valence-electron chi connectivity index (χ3n) is 4.10. The highest BCUT2D eigenvalue weighted by Gasteiger charge is 2.34. The number of benzene rings is 1. The van der Waals surface area contributed by atoms with Crippen molar-refractivity contribution in [2.24, 2.45) is 11.3 Å². The highest BCUT2D eigenvalue weighted by atomic mass is 35.5. The molecule has 1 fully saturated rings. The molecule has 4 heteroatoms. The van der Waals surface area contributed by atoms with Crippen LogP contribution in [0.1, 0.15) is 47.0 Å². The maximum absolute atomic E-state index is 12.3. The summed E-state index contributed by atoms with van der Waals surface area (Å²) < 4.78 is 11.3. The second-order valence-electron chi connectivity index (χ2n) is 7.16. The van der Waals surface area contributed by atoms with Gasteiger partial charge in [-0.25, -0.2) is 4.79 Å². The normalized spacial score (nSPS) is 25.3. The van der Waals surface area contributed by atoms with E-state index >= 15 is 0 Å². The number of carbonyl (C=O) groups excluding carboxylic acids is 1. The Labute approximate surface area is 137 Å². The molecule has 0 radical (unpaired) electrons. The predicted octanol–water partition coefficient (Wildman–Crippen LogP) is 4.87. The van der Waals surface area contributed by atoms with Crippen LogP contribution in [0, 0.1) is 11.3 Å². The van der Waals surface area contributed by atoms with E-state index in [1.807, 2.05) is 12.1 Å². The molecular formula is C18H25ClO3. The van der Waals surface area contributed by atoms with Gasteiger partial charge in [0.25, 0.3) is 0 Å². The van der Waals surface area contributed by atoms with Crippen LogP contribution in [0.2, 0.25) is 5.02 Å². The van der Waals surface area contributed by atoms with Crippen LogP contribution in [-0.4, -0.2) is 18.2 Å². The van der Waals surface area contributed by atoms with Crippen molar-refractivity contribution in [3.8, 4) is 5.75 Å². The Morgan fingerprint density at radius 3 is 2.64 bits per heavy atom. The van der Waals surface area contributed by atoms with Crippen LogP contribution in [0.15, 0.2) is 24.3 Å². The molecule has 3 unspecified atom stereocenters. The highest BCUT2D eigenvalue weighted by Crippen LogP contribution is 2.39. The Kier molecular flexibility index (Phi) is 5.38. The Hall–Kier alpha value is -1.22. The monoisotopic (exact) mass is 324 g/mol. The summed E-state index contributed by atoms with van der Waals surface area (Å²) in [5.41, 5.74) is 0.218. The average Bonchev–Trinajstić information content (AvgIpc) is 2.38. The lowest BCUT2D eigenvalue weighted by molar-refractivity contribution is -0.161. The van der Waals surface area contributed by atoms with Gasteiger partial charge in [0, 0.05) is 0 Å². The third-order valence-corrected chi connectivity index (χ3v) is 4.41.